The minimum atomic E-state index is -0.439. The Kier molecular flexibility index (Phi) is 7.29. The van der Waals surface area contributed by atoms with Gasteiger partial charge < -0.3 is 19.7 Å². The number of benzene rings is 2. The van der Waals surface area contributed by atoms with Gasteiger partial charge in [0.25, 0.3) is 0 Å². The number of fused-ring (bicyclic) bond motifs is 1. The van der Waals surface area contributed by atoms with E-state index in [9.17, 15) is 10.1 Å². The van der Waals surface area contributed by atoms with Gasteiger partial charge in [-0.2, -0.15) is 0 Å². The summed E-state index contributed by atoms with van der Waals surface area (Å²) in [5, 5.41) is 16.0. The van der Waals surface area contributed by atoms with Crippen LogP contribution in [0.4, 0.5) is 17.2 Å². The van der Waals surface area contributed by atoms with Gasteiger partial charge in [-0.3, -0.25) is 15.1 Å². The molecule has 10 nitrogen and oxygen atoms in total. The van der Waals surface area contributed by atoms with Gasteiger partial charge in [0.2, 0.25) is 0 Å². The number of hydrogen-bond acceptors (Lipinski definition) is 9. The van der Waals surface area contributed by atoms with Crippen LogP contribution in [0, 0.1) is 10.1 Å². The molecule has 11 heteroatoms. The van der Waals surface area contributed by atoms with Crippen LogP contribution >= 0.6 is 11.6 Å². The summed E-state index contributed by atoms with van der Waals surface area (Å²) in [5.74, 6) is 1.14. The lowest BCUT2D eigenvalue weighted by Gasteiger charge is -2.29. The van der Waals surface area contributed by atoms with Crippen molar-refractivity contribution in [2.24, 2.45) is 0 Å². The van der Waals surface area contributed by atoms with E-state index in [1.165, 1.54) is 12.4 Å². The first-order valence-corrected chi connectivity index (χ1v) is 12.2. The van der Waals surface area contributed by atoms with Crippen LogP contribution in [0.3, 0.4) is 0 Å². The highest BCUT2D eigenvalue weighted by Crippen LogP contribution is 2.37. The Labute approximate surface area is 218 Å². The largest absolute Gasteiger partial charge is 0.486 e. The summed E-state index contributed by atoms with van der Waals surface area (Å²) in [5.41, 5.74) is 1.84. The maximum Gasteiger partial charge on any atom is 0.311 e. The van der Waals surface area contributed by atoms with E-state index in [0.717, 1.165) is 31.6 Å². The van der Waals surface area contributed by atoms with Crippen LogP contribution in [0.15, 0.2) is 61.1 Å². The van der Waals surface area contributed by atoms with Crippen LogP contribution in [0.5, 0.6) is 11.5 Å². The fourth-order valence-electron chi connectivity index (χ4n) is 4.16. The molecule has 0 amide bonds. The summed E-state index contributed by atoms with van der Waals surface area (Å²) in [6, 6.07) is 13.9. The summed E-state index contributed by atoms with van der Waals surface area (Å²) in [6.45, 7) is 2.06. The number of ether oxygens (including phenoxy) is 2. The minimum Gasteiger partial charge on any atom is -0.486 e. The highest BCUT2D eigenvalue weighted by Gasteiger charge is 2.24. The summed E-state index contributed by atoms with van der Waals surface area (Å²) < 4.78 is 11.8. The van der Waals surface area contributed by atoms with E-state index >= 15 is 0 Å². The van der Waals surface area contributed by atoms with Crippen molar-refractivity contribution >= 4 is 39.7 Å². The Morgan fingerprint density at radius 3 is 2.68 bits per heavy atom. The quantitative estimate of drug-likeness (QED) is 0.241. The Hall–Kier alpha value is -4.02. The second kappa shape index (κ2) is 10.9. The second-order valence-electron chi connectivity index (χ2n) is 8.82. The lowest BCUT2D eigenvalue weighted by atomic mass is 10.1. The van der Waals surface area contributed by atoms with Gasteiger partial charge in [0, 0.05) is 37.1 Å². The standard InChI is InChI=1S/C26H25ClN6O4/c1-32-10-7-19(8-11-32)37-25-14-22-20(13-23(25)33(34)35)26(30-16-29-22)31-17-5-6-24(21(27)12-17)36-15-18-4-2-3-9-28-18/h2-6,9,12-14,16,19H,7-8,10-11,15H2,1H3,(H,29,30,31). The molecule has 5 rings (SSSR count). The third-order valence-corrected chi connectivity index (χ3v) is 6.46. The number of aromatic nitrogens is 3. The zero-order valence-corrected chi connectivity index (χ0v) is 20.9. The molecular formula is C26H25ClN6O4. The number of rotatable bonds is 8. The molecule has 0 spiro atoms. The van der Waals surface area contributed by atoms with Crippen molar-refractivity contribution in [3.63, 3.8) is 0 Å². The Bertz CT molecular complexity index is 1410. The Morgan fingerprint density at radius 2 is 1.95 bits per heavy atom. The van der Waals surface area contributed by atoms with Gasteiger partial charge in [-0.25, -0.2) is 9.97 Å². The first-order chi connectivity index (χ1) is 18.0. The molecule has 0 aliphatic carbocycles. The van der Waals surface area contributed by atoms with E-state index in [-0.39, 0.29) is 24.1 Å². The third kappa shape index (κ3) is 5.87. The molecule has 0 saturated carbocycles. The second-order valence-corrected chi connectivity index (χ2v) is 9.22. The van der Waals surface area contributed by atoms with Crippen molar-refractivity contribution in [3.8, 4) is 11.5 Å². The Morgan fingerprint density at radius 1 is 1.11 bits per heavy atom. The van der Waals surface area contributed by atoms with Gasteiger partial charge in [-0.15, -0.1) is 0 Å². The Balaban J connectivity index is 1.37. The number of hydrogen-bond donors (Lipinski definition) is 1. The van der Waals surface area contributed by atoms with Crippen molar-refractivity contribution < 1.29 is 14.4 Å². The number of pyridine rings is 1. The molecule has 1 saturated heterocycles. The normalized spacial score (nSPS) is 14.4. The molecule has 1 aliphatic rings. The average molecular weight is 521 g/mol. The van der Waals surface area contributed by atoms with Crippen LogP contribution in [0.2, 0.25) is 5.02 Å². The van der Waals surface area contributed by atoms with Crippen LogP contribution in [0.1, 0.15) is 18.5 Å². The number of nitrogens with one attached hydrogen (secondary N) is 1. The predicted molar refractivity (Wildman–Crippen MR) is 141 cm³/mol. The van der Waals surface area contributed by atoms with Crippen LogP contribution in [0.25, 0.3) is 10.9 Å². The molecule has 4 aromatic rings. The van der Waals surface area contributed by atoms with E-state index in [1.54, 1.807) is 30.5 Å². The average Bonchev–Trinajstić information content (AvgIpc) is 2.90. The number of anilines is 2. The lowest BCUT2D eigenvalue weighted by molar-refractivity contribution is -0.386. The van der Waals surface area contributed by atoms with E-state index in [4.69, 9.17) is 21.1 Å². The molecule has 1 aliphatic heterocycles. The molecule has 2 aromatic carbocycles. The summed E-state index contributed by atoms with van der Waals surface area (Å²) in [7, 11) is 2.05. The highest BCUT2D eigenvalue weighted by molar-refractivity contribution is 6.32. The SMILES string of the molecule is CN1CCC(Oc2cc3ncnc(Nc4ccc(OCc5ccccn5)c(Cl)c4)c3cc2[N+](=O)[O-])CC1. The van der Waals surface area contributed by atoms with Gasteiger partial charge in [-0.05, 0) is 50.2 Å². The molecular weight excluding hydrogens is 496 g/mol. The zero-order chi connectivity index (χ0) is 25.8. The third-order valence-electron chi connectivity index (χ3n) is 6.17. The first-order valence-electron chi connectivity index (χ1n) is 11.8. The topological polar surface area (TPSA) is 116 Å². The van der Waals surface area contributed by atoms with Crippen molar-refractivity contribution in [3.05, 3.63) is 81.9 Å². The monoisotopic (exact) mass is 520 g/mol. The van der Waals surface area contributed by atoms with Crippen LogP contribution < -0.4 is 14.8 Å². The molecule has 0 atom stereocenters. The molecule has 0 radical (unpaired) electrons. The number of likely N-dealkylation sites (tertiary alicyclic amines) is 1. The molecule has 190 valence electrons. The van der Waals surface area contributed by atoms with Gasteiger partial charge >= 0.3 is 5.69 Å². The minimum absolute atomic E-state index is 0.0765. The van der Waals surface area contributed by atoms with Gasteiger partial charge in [-0.1, -0.05) is 17.7 Å². The molecule has 0 unspecified atom stereocenters. The first kappa shape index (κ1) is 24.7. The van der Waals surface area contributed by atoms with Gasteiger partial charge in [0.05, 0.1) is 26.5 Å². The number of piperidine rings is 1. The van der Waals surface area contributed by atoms with Crippen molar-refractivity contribution in [2.45, 2.75) is 25.6 Å². The van der Waals surface area contributed by atoms with E-state index in [1.807, 2.05) is 18.2 Å². The summed E-state index contributed by atoms with van der Waals surface area (Å²) in [4.78, 5) is 26.5. The van der Waals surface area contributed by atoms with Crippen molar-refractivity contribution in [2.75, 3.05) is 25.5 Å². The van der Waals surface area contributed by atoms with Crippen LogP contribution in [-0.2, 0) is 6.61 Å². The fourth-order valence-corrected chi connectivity index (χ4v) is 4.39. The summed E-state index contributed by atoms with van der Waals surface area (Å²) >= 11 is 6.44. The molecule has 1 fully saturated rings. The number of nitro groups is 1. The molecule has 0 bridgehead atoms. The van der Waals surface area contributed by atoms with Crippen molar-refractivity contribution in [1.82, 2.24) is 19.9 Å². The highest BCUT2D eigenvalue weighted by atomic mass is 35.5. The molecule has 3 heterocycles. The van der Waals surface area contributed by atoms with Crippen LogP contribution in [-0.4, -0.2) is 51.0 Å². The maximum atomic E-state index is 11.9. The van der Waals surface area contributed by atoms with E-state index < -0.39 is 4.92 Å². The molecule has 37 heavy (non-hydrogen) atoms. The fraction of sp³-hybridized carbons (Fsp3) is 0.269. The smallest absolute Gasteiger partial charge is 0.311 e. The van der Waals surface area contributed by atoms with E-state index in [0.29, 0.717) is 33.2 Å². The zero-order valence-electron chi connectivity index (χ0n) is 20.1. The molecule has 2 aromatic heterocycles. The molecule has 1 N–H and O–H groups in total. The number of halogens is 1. The van der Waals surface area contributed by atoms with Gasteiger partial charge in [0.1, 0.15) is 30.6 Å². The lowest BCUT2D eigenvalue weighted by Crippen LogP contribution is -2.35. The van der Waals surface area contributed by atoms with Crippen molar-refractivity contribution in [1.29, 1.82) is 0 Å². The van der Waals surface area contributed by atoms with Gasteiger partial charge in [0.15, 0.2) is 5.75 Å². The maximum absolute atomic E-state index is 11.9. The number of nitrogens with zero attached hydrogens (tertiary/aromatic N) is 5. The summed E-state index contributed by atoms with van der Waals surface area (Å²) in [6.07, 6.45) is 4.65. The predicted octanol–water partition coefficient (Wildman–Crippen LogP) is 5.38. The van der Waals surface area contributed by atoms with E-state index in [2.05, 4.69) is 32.2 Å². The number of nitro benzene ring substituents is 1.